The number of benzene rings is 1. The largest absolute Gasteiger partial charge is 0.382 e. The van der Waals surface area contributed by atoms with Gasteiger partial charge >= 0.3 is 0 Å². The number of imidazole rings is 1. The van der Waals surface area contributed by atoms with E-state index in [0.717, 1.165) is 36.2 Å². The van der Waals surface area contributed by atoms with E-state index in [1.165, 1.54) is 0 Å². The Hall–Kier alpha value is -4.57. The molecule has 5 rings (SSSR count). The highest BCUT2D eigenvalue weighted by molar-refractivity contribution is 6.04. The van der Waals surface area contributed by atoms with E-state index >= 15 is 0 Å². The van der Waals surface area contributed by atoms with E-state index in [4.69, 9.17) is 15.5 Å². The second-order valence-electron chi connectivity index (χ2n) is 9.45. The molecule has 1 aliphatic heterocycles. The number of carbonyl (C=O) groups excluding carboxylic acids is 2. The van der Waals surface area contributed by atoms with E-state index in [0.29, 0.717) is 41.6 Å². The molecular formula is C29H31N7O3. The van der Waals surface area contributed by atoms with E-state index in [1.54, 1.807) is 49.9 Å². The molecule has 4 aromatic rings. The van der Waals surface area contributed by atoms with Crippen molar-refractivity contribution in [2.45, 2.75) is 32.2 Å². The van der Waals surface area contributed by atoms with Crippen molar-refractivity contribution in [3.05, 3.63) is 84.1 Å². The zero-order chi connectivity index (χ0) is 27.4. The minimum Gasteiger partial charge on any atom is -0.382 e. The molecule has 0 bridgehead atoms. The summed E-state index contributed by atoms with van der Waals surface area (Å²) in [5.74, 6) is 1.24. The van der Waals surface area contributed by atoms with Crippen molar-refractivity contribution in [1.82, 2.24) is 24.3 Å². The monoisotopic (exact) mass is 525 g/mol. The van der Waals surface area contributed by atoms with E-state index in [-0.39, 0.29) is 17.9 Å². The highest BCUT2D eigenvalue weighted by atomic mass is 16.5. The minimum absolute atomic E-state index is 0.0727. The maximum Gasteiger partial charge on any atom is 0.256 e. The van der Waals surface area contributed by atoms with Gasteiger partial charge in [0.15, 0.2) is 0 Å². The number of nitrogens with two attached hydrogens (primary N) is 1. The number of nitrogens with zero attached hydrogens (tertiary/aromatic N) is 5. The van der Waals surface area contributed by atoms with Gasteiger partial charge < -0.3 is 20.7 Å². The van der Waals surface area contributed by atoms with Gasteiger partial charge in [-0.05, 0) is 56.0 Å². The molecule has 1 saturated heterocycles. The highest BCUT2D eigenvalue weighted by Crippen LogP contribution is 2.37. The lowest BCUT2D eigenvalue weighted by atomic mass is 10.0. The molecule has 3 N–H and O–H groups in total. The molecule has 1 atom stereocenters. The zero-order valence-electron chi connectivity index (χ0n) is 22.0. The summed E-state index contributed by atoms with van der Waals surface area (Å²) in [4.78, 5) is 41.3. The minimum atomic E-state index is -0.252. The number of piperidine rings is 1. The van der Waals surface area contributed by atoms with Crippen molar-refractivity contribution in [2.24, 2.45) is 0 Å². The number of fused-ring (bicyclic) bond motifs is 1. The predicted molar refractivity (Wildman–Crippen MR) is 149 cm³/mol. The Kier molecular flexibility index (Phi) is 7.64. The van der Waals surface area contributed by atoms with Crippen LogP contribution in [0, 0.1) is 6.92 Å². The molecule has 10 nitrogen and oxygen atoms in total. The normalized spacial score (nSPS) is 15.6. The van der Waals surface area contributed by atoms with Gasteiger partial charge in [0.25, 0.3) is 5.91 Å². The quantitative estimate of drug-likeness (QED) is 0.346. The number of ether oxygens (including phenoxy) is 1. The van der Waals surface area contributed by atoms with Crippen molar-refractivity contribution in [2.75, 3.05) is 31.3 Å². The first-order chi connectivity index (χ1) is 19.0. The van der Waals surface area contributed by atoms with E-state index in [1.807, 2.05) is 40.6 Å². The fourth-order valence-electron chi connectivity index (χ4n) is 5.01. The van der Waals surface area contributed by atoms with Gasteiger partial charge in [-0.1, -0.05) is 18.2 Å². The Bertz CT molecular complexity index is 1530. The fourth-order valence-corrected chi connectivity index (χ4v) is 5.01. The molecule has 1 aromatic carbocycles. The van der Waals surface area contributed by atoms with Crippen LogP contribution < -0.4 is 11.1 Å². The predicted octanol–water partition coefficient (Wildman–Crippen LogP) is 4.19. The number of hydrogen-bond acceptors (Lipinski definition) is 7. The van der Waals surface area contributed by atoms with Crippen LogP contribution in [0.4, 0.5) is 11.6 Å². The third-order valence-electron chi connectivity index (χ3n) is 6.87. The first kappa shape index (κ1) is 26.1. The van der Waals surface area contributed by atoms with Gasteiger partial charge in [0, 0.05) is 49.4 Å². The van der Waals surface area contributed by atoms with Gasteiger partial charge in [0.1, 0.15) is 28.7 Å². The summed E-state index contributed by atoms with van der Waals surface area (Å²) in [5, 5.41) is 2.81. The van der Waals surface area contributed by atoms with Crippen LogP contribution in [0.3, 0.4) is 0 Å². The average Bonchev–Trinajstić information content (AvgIpc) is 3.34. The molecule has 2 amide bonds. The maximum absolute atomic E-state index is 13.1. The van der Waals surface area contributed by atoms with Crippen molar-refractivity contribution < 1.29 is 14.3 Å². The summed E-state index contributed by atoms with van der Waals surface area (Å²) >= 11 is 0. The summed E-state index contributed by atoms with van der Waals surface area (Å²) in [6.07, 6.45) is 11.1. The van der Waals surface area contributed by atoms with Crippen LogP contribution in [-0.2, 0) is 9.53 Å². The Balaban J connectivity index is 1.52. The van der Waals surface area contributed by atoms with Crippen molar-refractivity contribution in [1.29, 1.82) is 0 Å². The van der Waals surface area contributed by atoms with Gasteiger partial charge in [-0.2, -0.15) is 0 Å². The number of likely N-dealkylation sites (tertiary alicyclic amines) is 1. The summed E-state index contributed by atoms with van der Waals surface area (Å²) in [5.41, 5.74) is 9.91. The summed E-state index contributed by atoms with van der Waals surface area (Å²) in [7, 11) is 1.59. The number of amides is 2. The number of pyridine rings is 1. The molecule has 4 heterocycles. The number of aromatic nitrogens is 4. The summed E-state index contributed by atoms with van der Waals surface area (Å²) < 4.78 is 6.99. The topological polar surface area (TPSA) is 128 Å². The van der Waals surface area contributed by atoms with Crippen molar-refractivity contribution >= 4 is 29.0 Å². The Labute approximate surface area is 226 Å². The van der Waals surface area contributed by atoms with Gasteiger partial charge in [0.05, 0.1) is 12.6 Å². The first-order valence-corrected chi connectivity index (χ1v) is 12.9. The molecule has 39 heavy (non-hydrogen) atoms. The van der Waals surface area contributed by atoms with Crippen molar-refractivity contribution in [3.63, 3.8) is 0 Å². The first-order valence-electron chi connectivity index (χ1n) is 12.9. The molecule has 3 aromatic heterocycles. The number of nitrogens with one attached hydrogen (secondary N) is 1. The molecule has 0 aliphatic carbocycles. The number of hydrogen-bond donors (Lipinski definition) is 2. The molecule has 200 valence electrons. The molecule has 1 aliphatic rings. The van der Waals surface area contributed by atoms with Crippen molar-refractivity contribution in [3.8, 4) is 11.3 Å². The average molecular weight is 526 g/mol. The second-order valence-corrected chi connectivity index (χ2v) is 9.45. The van der Waals surface area contributed by atoms with Gasteiger partial charge in [-0.15, -0.1) is 0 Å². The molecule has 0 unspecified atom stereocenters. The summed E-state index contributed by atoms with van der Waals surface area (Å²) in [6.45, 7) is 2.95. The van der Waals surface area contributed by atoms with Gasteiger partial charge in [0.2, 0.25) is 5.91 Å². The zero-order valence-corrected chi connectivity index (χ0v) is 22.0. The number of anilines is 2. The standard InChI is InChI=1S/C29H31N7O3/c1-19-18-20(29(38)33-23-9-3-5-13-31-23)11-12-21(19)25-26-27(30)32-14-16-36(26)28(34-25)22-8-4-6-15-35(22)24(37)10-7-17-39-2/h3,5,7,9-14,16,18,22H,4,6,8,15,17H2,1-2H3,(H2,30,32)(H,31,33,38)/t22-/m0/s1. The Morgan fingerprint density at radius 1 is 1.18 bits per heavy atom. The number of aryl methyl sites for hydroxylation is 1. The maximum atomic E-state index is 13.1. The van der Waals surface area contributed by atoms with Crippen LogP contribution in [0.15, 0.2) is 67.1 Å². The third kappa shape index (κ3) is 5.37. The molecule has 0 radical (unpaired) electrons. The van der Waals surface area contributed by atoms with E-state index < -0.39 is 0 Å². The van der Waals surface area contributed by atoms with E-state index in [9.17, 15) is 9.59 Å². The highest BCUT2D eigenvalue weighted by Gasteiger charge is 2.32. The molecule has 10 heteroatoms. The van der Waals surface area contributed by atoms with Gasteiger partial charge in [-0.3, -0.25) is 14.0 Å². The van der Waals surface area contributed by atoms with Crippen LogP contribution in [0.1, 0.15) is 47.1 Å². The number of methoxy groups -OCH3 is 1. The smallest absolute Gasteiger partial charge is 0.256 e. The van der Waals surface area contributed by atoms with E-state index in [2.05, 4.69) is 15.3 Å². The molecule has 1 fully saturated rings. The van der Waals surface area contributed by atoms with Crippen LogP contribution in [-0.4, -0.2) is 56.3 Å². The van der Waals surface area contributed by atoms with Crippen LogP contribution >= 0.6 is 0 Å². The van der Waals surface area contributed by atoms with Crippen LogP contribution in [0.5, 0.6) is 0 Å². The SMILES string of the molecule is COCC=CC(=O)N1CCCC[C@H]1c1nc(-c2ccc(C(=O)Nc3ccccn3)cc2C)c2c(N)nccn12. The summed E-state index contributed by atoms with van der Waals surface area (Å²) in [6, 6.07) is 10.6. The number of nitrogen functional groups attached to an aromatic ring is 1. The van der Waals surface area contributed by atoms with Gasteiger partial charge in [-0.25, -0.2) is 15.0 Å². The lowest BCUT2D eigenvalue weighted by Gasteiger charge is -2.34. The molecule has 0 saturated carbocycles. The lowest BCUT2D eigenvalue weighted by molar-refractivity contribution is -0.130. The van der Waals surface area contributed by atoms with Crippen LogP contribution in [0.2, 0.25) is 0 Å². The Morgan fingerprint density at radius 2 is 2.05 bits per heavy atom. The number of rotatable bonds is 7. The number of carbonyl (C=O) groups is 2. The second kappa shape index (κ2) is 11.4. The molecule has 0 spiro atoms. The molecular weight excluding hydrogens is 494 g/mol. The fraction of sp³-hybridized carbons (Fsp3) is 0.276. The Morgan fingerprint density at radius 3 is 2.82 bits per heavy atom. The third-order valence-corrected chi connectivity index (χ3v) is 6.87. The lowest BCUT2D eigenvalue weighted by Crippen LogP contribution is -2.38. The van der Waals surface area contributed by atoms with Crippen LogP contribution in [0.25, 0.3) is 16.8 Å².